The lowest BCUT2D eigenvalue weighted by Crippen LogP contribution is -2.49. The van der Waals surface area contributed by atoms with Crippen molar-refractivity contribution in [1.29, 1.82) is 0 Å². The predicted molar refractivity (Wildman–Crippen MR) is 160 cm³/mol. The van der Waals surface area contributed by atoms with E-state index >= 15 is 0 Å². The van der Waals surface area contributed by atoms with Crippen molar-refractivity contribution in [1.82, 2.24) is 14.5 Å². The van der Waals surface area contributed by atoms with E-state index in [-0.39, 0.29) is 11.7 Å². The van der Waals surface area contributed by atoms with Gasteiger partial charge >= 0.3 is 0 Å². The van der Waals surface area contributed by atoms with Gasteiger partial charge in [0.15, 0.2) is 0 Å². The Bertz CT molecular complexity index is 1480. The minimum absolute atomic E-state index is 0.105. The summed E-state index contributed by atoms with van der Waals surface area (Å²) in [5.41, 5.74) is 4.24. The number of amides is 1. The molecule has 0 unspecified atom stereocenters. The molecule has 1 aliphatic heterocycles. The number of benzene rings is 4. The lowest BCUT2D eigenvalue weighted by atomic mass is 9.77. The summed E-state index contributed by atoms with van der Waals surface area (Å²) in [5.74, 6) is -0.117. The molecule has 6 heteroatoms. The van der Waals surface area contributed by atoms with E-state index in [0.717, 1.165) is 22.4 Å². The molecule has 5 nitrogen and oxygen atoms in total. The number of carbonyl (C=O) groups is 1. The van der Waals surface area contributed by atoms with Gasteiger partial charge in [-0.15, -0.1) is 0 Å². The number of hydrogen-bond acceptors (Lipinski definition) is 3. The third kappa shape index (κ3) is 5.25. The summed E-state index contributed by atoms with van der Waals surface area (Å²) in [6.07, 6.45) is 4.90. The van der Waals surface area contributed by atoms with Gasteiger partial charge in [-0.2, -0.15) is 0 Å². The Morgan fingerprint density at radius 3 is 1.76 bits per heavy atom. The summed E-state index contributed by atoms with van der Waals surface area (Å²) in [4.78, 5) is 21.8. The third-order valence-corrected chi connectivity index (χ3v) is 8.02. The molecule has 1 fully saturated rings. The second kappa shape index (κ2) is 11.8. The van der Waals surface area contributed by atoms with Gasteiger partial charge in [0.2, 0.25) is 5.91 Å². The number of imidazole rings is 1. The van der Waals surface area contributed by atoms with Crippen molar-refractivity contribution in [3.8, 4) is 0 Å². The van der Waals surface area contributed by atoms with Crippen molar-refractivity contribution in [3.63, 3.8) is 0 Å². The molecular formula is C35H33FN4O. The Hall–Kier alpha value is -4.71. The van der Waals surface area contributed by atoms with Crippen molar-refractivity contribution < 1.29 is 9.18 Å². The van der Waals surface area contributed by atoms with Gasteiger partial charge in [0.25, 0.3) is 0 Å². The number of rotatable bonds is 8. The molecule has 1 amide bonds. The second-order valence-electron chi connectivity index (χ2n) is 10.4. The molecule has 2 heterocycles. The fourth-order valence-corrected chi connectivity index (χ4v) is 5.96. The maximum Gasteiger partial charge on any atom is 0.223 e. The van der Waals surface area contributed by atoms with E-state index in [1.165, 1.54) is 6.07 Å². The lowest BCUT2D eigenvalue weighted by Gasteiger charge is -2.37. The molecule has 0 atom stereocenters. The van der Waals surface area contributed by atoms with Gasteiger partial charge in [-0.1, -0.05) is 103 Å². The highest BCUT2D eigenvalue weighted by atomic mass is 19.1. The van der Waals surface area contributed by atoms with E-state index in [4.69, 9.17) is 4.98 Å². The summed E-state index contributed by atoms with van der Waals surface area (Å²) in [6, 6.07) is 38.3. The van der Waals surface area contributed by atoms with E-state index in [9.17, 15) is 9.18 Å². The summed E-state index contributed by atoms with van der Waals surface area (Å²) in [5, 5.41) is 0. The van der Waals surface area contributed by atoms with Crippen LogP contribution in [0.15, 0.2) is 128 Å². The zero-order valence-corrected chi connectivity index (χ0v) is 22.9. The molecule has 0 saturated carbocycles. The third-order valence-electron chi connectivity index (χ3n) is 8.02. The molecule has 1 aromatic heterocycles. The predicted octanol–water partition coefficient (Wildman–Crippen LogP) is 6.14. The number of carbonyl (C=O) groups excluding carboxylic acids is 1. The Morgan fingerprint density at radius 1 is 0.707 bits per heavy atom. The van der Waals surface area contributed by atoms with Crippen LogP contribution in [0.3, 0.4) is 0 Å². The summed E-state index contributed by atoms with van der Waals surface area (Å²) in [6.45, 7) is 2.41. The Balaban J connectivity index is 1.22. The van der Waals surface area contributed by atoms with Gasteiger partial charge in [-0.05, 0) is 35.2 Å². The molecule has 0 radical (unpaired) electrons. The van der Waals surface area contributed by atoms with Crippen LogP contribution in [-0.4, -0.2) is 46.5 Å². The van der Waals surface area contributed by atoms with E-state index < -0.39 is 5.54 Å². The van der Waals surface area contributed by atoms with Crippen LogP contribution in [0.25, 0.3) is 0 Å². The Kier molecular flexibility index (Phi) is 7.63. The number of anilines is 1. The lowest BCUT2D eigenvalue weighted by molar-refractivity contribution is -0.131. The van der Waals surface area contributed by atoms with Crippen LogP contribution >= 0.6 is 0 Å². The number of hydrogen-bond donors (Lipinski definition) is 0. The van der Waals surface area contributed by atoms with Crippen molar-refractivity contribution in [2.24, 2.45) is 0 Å². The molecule has 4 aromatic carbocycles. The SMILES string of the molecule is O=C(CCc1cn(C(c2ccccc2)(c2ccccc2)c2ccccc2)cn1)N1CCN(c2ccccc2F)CC1. The first-order chi connectivity index (χ1) is 20.2. The van der Waals surface area contributed by atoms with Gasteiger partial charge in [0.1, 0.15) is 11.4 Å². The normalized spacial score (nSPS) is 13.8. The molecule has 0 spiro atoms. The Morgan fingerprint density at radius 2 is 1.22 bits per heavy atom. The number of para-hydroxylation sites is 1. The number of nitrogens with zero attached hydrogens (tertiary/aromatic N) is 4. The number of aromatic nitrogens is 2. The van der Waals surface area contributed by atoms with Crippen molar-refractivity contribution in [2.45, 2.75) is 18.4 Å². The molecule has 5 aromatic rings. The van der Waals surface area contributed by atoms with Gasteiger partial charge < -0.3 is 14.4 Å². The van der Waals surface area contributed by atoms with Crippen LogP contribution in [-0.2, 0) is 16.8 Å². The van der Waals surface area contributed by atoms with Crippen LogP contribution in [0.2, 0.25) is 0 Å². The second-order valence-corrected chi connectivity index (χ2v) is 10.4. The summed E-state index contributed by atoms with van der Waals surface area (Å²) >= 11 is 0. The summed E-state index contributed by atoms with van der Waals surface area (Å²) in [7, 11) is 0. The van der Waals surface area contributed by atoms with Gasteiger partial charge in [-0.3, -0.25) is 4.79 Å². The molecule has 0 aliphatic carbocycles. The highest BCUT2D eigenvalue weighted by Crippen LogP contribution is 2.40. The van der Waals surface area contributed by atoms with Gasteiger partial charge in [0.05, 0.1) is 17.7 Å². The van der Waals surface area contributed by atoms with Crippen molar-refractivity contribution >= 4 is 11.6 Å². The molecule has 1 aliphatic rings. The van der Waals surface area contributed by atoms with Crippen molar-refractivity contribution in [3.05, 3.63) is 156 Å². The molecule has 206 valence electrons. The maximum atomic E-state index is 14.2. The molecule has 0 bridgehead atoms. The fourth-order valence-electron chi connectivity index (χ4n) is 5.96. The van der Waals surface area contributed by atoms with Crippen LogP contribution in [0.1, 0.15) is 28.8 Å². The fraction of sp³-hybridized carbons (Fsp3) is 0.200. The molecule has 41 heavy (non-hydrogen) atoms. The zero-order valence-electron chi connectivity index (χ0n) is 22.9. The highest BCUT2D eigenvalue weighted by molar-refractivity contribution is 5.76. The molecule has 0 N–H and O–H groups in total. The molecule has 1 saturated heterocycles. The van der Waals surface area contributed by atoms with Crippen molar-refractivity contribution in [2.75, 3.05) is 31.1 Å². The van der Waals surface area contributed by atoms with E-state index in [1.807, 2.05) is 40.4 Å². The first-order valence-corrected chi connectivity index (χ1v) is 14.1. The first-order valence-electron chi connectivity index (χ1n) is 14.1. The maximum absolute atomic E-state index is 14.2. The van der Waals surface area contributed by atoms with E-state index in [2.05, 4.69) is 83.6 Å². The molecule has 6 rings (SSSR count). The number of halogens is 1. The minimum atomic E-state index is -0.623. The average Bonchev–Trinajstić information content (AvgIpc) is 3.51. The topological polar surface area (TPSA) is 41.4 Å². The quantitative estimate of drug-likeness (QED) is 0.220. The Labute approximate surface area is 240 Å². The van der Waals surface area contributed by atoms with Crippen LogP contribution in [0.4, 0.5) is 10.1 Å². The minimum Gasteiger partial charge on any atom is -0.366 e. The van der Waals surface area contributed by atoms with Crippen LogP contribution in [0.5, 0.6) is 0 Å². The average molecular weight is 545 g/mol. The van der Waals surface area contributed by atoms with E-state index in [0.29, 0.717) is 44.7 Å². The largest absolute Gasteiger partial charge is 0.366 e. The summed E-state index contributed by atoms with van der Waals surface area (Å²) < 4.78 is 16.4. The van der Waals surface area contributed by atoms with Gasteiger partial charge in [0, 0.05) is 38.8 Å². The molecular weight excluding hydrogens is 511 g/mol. The van der Waals surface area contributed by atoms with Crippen LogP contribution in [0, 0.1) is 5.82 Å². The monoisotopic (exact) mass is 544 g/mol. The number of piperazine rings is 1. The first kappa shape index (κ1) is 26.5. The number of aryl methyl sites for hydroxylation is 1. The smallest absolute Gasteiger partial charge is 0.223 e. The highest BCUT2D eigenvalue weighted by Gasteiger charge is 2.38. The van der Waals surface area contributed by atoms with E-state index in [1.54, 1.807) is 12.1 Å². The standard InChI is InChI=1S/C35H33FN4O/c36-32-18-10-11-19-33(32)38-22-24-39(25-23-38)34(41)21-20-31-26-40(27-37-31)35(28-12-4-1-5-13-28,29-14-6-2-7-15-29)30-16-8-3-9-17-30/h1-19,26-27H,20-25H2. The van der Waals surface area contributed by atoms with Crippen LogP contribution < -0.4 is 4.90 Å². The zero-order chi connectivity index (χ0) is 28.1. The van der Waals surface area contributed by atoms with Gasteiger partial charge in [-0.25, -0.2) is 9.37 Å².